The van der Waals surface area contributed by atoms with Crippen LogP contribution in [0.25, 0.3) is 0 Å². The fourth-order valence-electron chi connectivity index (χ4n) is 4.45. The van der Waals surface area contributed by atoms with Gasteiger partial charge in [-0.15, -0.1) is 0 Å². The Morgan fingerprint density at radius 2 is 1.80 bits per heavy atom. The molecule has 0 amide bonds. The third kappa shape index (κ3) is 3.95. The topological polar surface area (TPSA) is 138 Å². The van der Waals surface area contributed by atoms with E-state index in [1.807, 2.05) is 24.3 Å². The maximum Gasteiger partial charge on any atom is 0.403 e. The van der Waals surface area contributed by atoms with E-state index in [4.69, 9.17) is 19.5 Å². The zero-order valence-corrected chi connectivity index (χ0v) is 18.1. The zero-order valence-electron chi connectivity index (χ0n) is 17.2. The van der Waals surface area contributed by atoms with E-state index in [0.29, 0.717) is 13.0 Å². The highest BCUT2D eigenvalue weighted by Crippen LogP contribution is 3.00. The Kier molecular flexibility index (Phi) is 6.05. The van der Waals surface area contributed by atoms with Crippen molar-refractivity contribution in [2.75, 3.05) is 13.2 Å². The molecule has 2 heterocycles. The molecule has 2 saturated heterocycles. The van der Waals surface area contributed by atoms with E-state index in [1.165, 1.54) is 38.5 Å². The molecule has 1 aromatic rings. The monoisotopic (exact) mass is 441 g/mol. The number of fused-ring (bicyclic) bond motifs is 1. The first-order valence-electron chi connectivity index (χ1n) is 10.8. The molecule has 1 aliphatic carbocycles. The molecule has 168 valence electrons. The quantitative estimate of drug-likeness (QED) is 0.178. The van der Waals surface area contributed by atoms with Crippen molar-refractivity contribution < 1.29 is 33.7 Å². The molecule has 1 atom stereocenters. The number of aliphatic hydroxyl groups is 3. The summed E-state index contributed by atoms with van der Waals surface area (Å²) in [6.45, 7) is -0.0252. The van der Waals surface area contributed by atoms with Crippen LogP contribution < -0.4 is 10.5 Å². The molecule has 0 aromatic heterocycles. The fourth-order valence-corrected chi connectivity index (χ4v) is 6.29. The van der Waals surface area contributed by atoms with E-state index in [-0.39, 0.29) is 6.42 Å². The third-order valence-electron chi connectivity index (χ3n) is 6.73. The predicted octanol–water partition coefficient (Wildman–Crippen LogP) is 2.64. The molecule has 5 N–H and O–H groups in total. The molecule has 0 bridgehead atoms. The summed E-state index contributed by atoms with van der Waals surface area (Å²) in [6, 6.07) is 7.52. The van der Waals surface area contributed by atoms with Crippen LogP contribution in [0, 0.1) is 5.92 Å². The van der Waals surface area contributed by atoms with Crippen molar-refractivity contribution in [3.05, 3.63) is 29.8 Å². The lowest BCUT2D eigenvalue weighted by atomic mass is 9.84. The van der Waals surface area contributed by atoms with Gasteiger partial charge in [0.1, 0.15) is 5.75 Å². The Bertz CT molecular complexity index is 783. The summed E-state index contributed by atoms with van der Waals surface area (Å²) in [5.41, 5.74) is 3.14. The molecule has 9 heteroatoms. The maximum absolute atomic E-state index is 11.7. The van der Waals surface area contributed by atoms with Crippen LogP contribution in [0.2, 0.25) is 0 Å². The molecule has 0 radical (unpaired) electrons. The molecule has 4 rings (SSSR count). The van der Waals surface area contributed by atoms with Crippen molar-refractivity contribution in [2.45, 2.75) is 74.6 Å². The van der Waals surface area contributed by atoms with Crippen molar-refractivity contribution in [1.82, 2.24) is 0 Å². The second-order valence-corrected chi connectivity index (χ2v) is 10.8. The Morgan fingerprint density at radius 1 is 1.17 bits per heavy atom. The average Bonchev–Trinajstić information content (AvgIpc) is 3.56. The summed E-state index contributed by atoms with van der Waals surface area (Å²) in [6.07, 6.45) is 9.50. The number of aryl methyl sites for hydroxylation is 1. The van der Waals surface area contributed by atoms with Gasteiger partial charge in [0.05, 0.1) is 18.8 Å². The van der Waals surface area contributed by atoms with E-state index >= 15 is 0 Å². The maximum atomic E-state index is 11.7. The summed E-state index contributed by atoms with van der Waals surface area (Å²) in [7, 11) is -3.42. The third-order valence-corrected chi connectivity index (χ3v) is 8.61. The van der Waals surface area contributed by atoms with Crippen LogP contribution >= 0.6 is 7.60 Å². The van der Waals surface area contributed by atoms with Gasteiger partial charge in [-0.3, -0.25) is 13.6 Å². The lowest BCUT2D eigenvalue weighted by Gasteiger charge is -2.38. The van der Waals surface area contributed by atoms with Crippen LogP contribution in [0.1, 0.15) is 56.9 Å². The van der Waals surface area contributed by atoms with Crippen molar-refractivity contribution in [3.8, 4) is 5.75 Å². The molecule has 3 fully saturated rings. The van der Waals surface area contributed by atoms with Gasteiger partial charge in [0.2, 0.25) is 0 Å². The summed E-state index contributed by atoms with van der Waals surface area (Å²) in [5, 5.41) is 30.5. The smallest absolute Gasteiger partial charge is 0.403 e. The van der Waals surface area contributed by atoms with E-state index in [0.717, 1.165) is 23.7 Å². The first-order chi connectivity index (χ1) is 14.3. The van der Waals surface area contributed by atoms with Gasteiger partial charge in [0.15, 0.2) is 0 Å². The second-order valence-electron chi connectivity index (χ2n) is 8.89. The van der Waals surface area contributed by atoms with Gasteiger partial charge >= 0.3 is 13.1 Å². The predicted molar refractivity (Wildman–Crippen MR) is 110 cm³/mol. The van der Waals surface area contributed by atoms with E-state index in [1.54, 1.807) is 0 Å². The number of hydrogen-bond donors (Lipinski definition) is 4. The van der Waals surface area contributed by atoms with Crippen molar-refractivity contribution in [1.29, 1.82) is 0 Å². The minimum atomic E-state index is -3.42. The van der Waals surface area contributed by atoms with Crippen LogP contribution in [0.5, 0.6) is 5.75 Å². The standard InChI is InChI=1S/C21H32NO7P/c22-19(15-23,20(24,25)21-28-30(21,26)29-21)13-12-17-8-10-18(11-9-17)27-14-4-7-16-5-2-1-3-6-16/h8-11,16,23-25H,1-7,12-15,22H2. The number of nitrogens with two attached hydrogens (primary N) is 1. The van der Waals surface area contributed by atoms with Gasteiger partial charge in [-0.1, -0.05) is 44.2 Å². The van der Waals surface area contributed by atoms with Crippen molar-refractivity contribution >= 4 is 7.60 Å². The van der Waals surface area contributed by atoms with Crippen LogP contribution in [-0.2, 0) is 20.0 Å². The summed E-state index contributed by atoms with van der Waals surface area (Å²) < 4.78 is 27.1. The molecular weight excluding hydrogens is 409 g/mol. The highest BCUT2D eigenvalue weighted by molar-refractivity contribution is 7.68. The zero-order chi connectivity index (χ0) is 21.5. The Balaban J connectivity index is 1.23. The Labute approximate surface area is 176 Å². The highest BCUT2D eigenvalue weighted by atomic mass is 31.2. The largest absolute Gasteiger partial charge is 0.494 e. The van der Waals surface area contributed by atoms with Crippen molar-refractivity contribution in [3.63, 3.8) is 0 Å². The molecule has 0 spiro atoms. The molecule has 1 aromatic carbocycles. The van der Waals surface area contributed by atoms with Crippen molar-refractivity contribution in [2.24, 2.45) is 11.7 Å². The van der Waals surface area contributed by atoms with Gasteiger partial charge < -0.3 is 25.8 Å². The molecule has 1 unspecified atom stereocenters. The first kappa shape index (κ1) is 22.2. The Morgan fingerprint density at radius 3 is 2.37 bits per heavy atom. The minimum Gasteiger partial charge on any atom is -0.494 e. The van der Waals surface area contributed by atoms with Crippen LogP contribution in [-0.4, -0.2) is 45.4 Å². The number of rotatable bonds is 11. The number of ether oxygens (including phenoxy) is 1. The fraction of sp³-hybridized carbons (Fsp3) is 0.714. The van der Waals surface area contributed by atoms with Crippen LogP contribution in [0.15, 0.2) is 24.3 Å². The van der Waals surface area contributed by atoms with Gasteiger partial charge in [0.25, 0.3) is 5.79 Å². The van der Waals surface area contributed by atoms with E-state index in [2.05, 4.69) is 0 Å². The molecule has 2 aliphatic heterocycles. The SMILES string of the molecule is NC(CO)(CCc1ccc(OCCCC2CCCCC2)cc1)C(O)(O)C12OP1(=O)O2. The molecule has 1 saturated carbocycles. The normalized spacial score (nSPS) is 30.4. The van der Waals surface area contributed by atoms with Gasteiger partial charge in [0, 0.05) is 0 Å². The summed E-state index contributed by atoms with van der Waals surface area (Å²) >= 11 is 0. The number of benzene rings is 1. The van der Waals surface area contributed by atoms with E-state index in [9.17, 15) is 19.9 Å². The molecule has 30 heavy (non-hydrogen) atoms. The average molecular weight is 441 g/mol. The lowest BCUT2D eigenvalue weighted by Crippen LogP contribution is -2.68. The van der Waals surface area contributed by atoms with Gasteiger partial charge in [-0.25, -0.2) is 0 Å². The summed E-state index contributed by atoms with van der Waals surface area (Å²) in [5.74, 6) is -1.10. The van der Waals surface area contributed by atoms with E-state index < -0.39 is 31.1 Å². The molecule has 3 aliphatic rings. The first-order valence-corrected chi connectivity index (χ1v) is 12.4. The van der Waals surface area contributed by atoms with Gasteiger partial charge in [-0.2, -0.15) is 0 Å². The van der Waals surface area contributed by atoms with Crippen LogP contribution in [0.3, 0.4) is 0 Å². The number of hydrogen-bond acceptors (Lipinski definition) is 8. The van der Waals surface area contributed by atoms with Gasteiger partial charge in [-0.05, 0) is 49.3 Å². The summed E-state index contributed by atoms with van der Waals surface area (Å²) in [4.78, 5) is 0. The second kappa shape index (κ2) is 8.17. The highest BCUT2D eigenvalue weighted by Gasteiger charge is 3.01. The lowest BCUT2D eigenvalue weighted by molar-refractivity contribution is -0.290. The van der Waals surface area contributed by atoms with Crippen LogP contribution in [0.4, 0.5) is 0 Å². The molecular formula is C21H32NO7P. The molecule has 8 nitrogen and oxygen atoms in total. The Hall–Kier alpha value is -0.990. The minimum absolute atomic E-state index is 0.0343. The number of aliphatic hydroxyl groups excluding tert-OH is 1.